The summed E-state index contributed by atoms with van der Waals surface area (Å²) >= 11 is 5.47. The fourth-order valence-electron chi connectivity index (χ4n) is 2.00. The highest BCUT2D eigenvalue weighted by atomic mass is 35.5. The molecule has 0 saturated heterocycles. The van der Waals surface area contributed by atoms with Gasteiger partial charge in [0.1, 0.15) is 0 Å². The Balaban J connectivity index is 3.44. The Kier molecular flexibility index (Phi) is 2.79. The molecule has 0 spiro atoms. The molecule has 1 aliphatic rings. The standard InChI is InChI=1S/C8H7ClO8/c9-7(4(12)13)1-2(3(10)11)8(7,5(14)15)6(16)17/h2H,1H2,(H,10,11)(H,12,13)(H,14,15)(H,16,17)/t2-,7+/m0/s1. The van der Waals surface area contributed by atoms with Gasteiger partial charge < -0.3 is 20.4 Å². The second-order valence-corrected chi connectivity index (χ2v) is 4.26. The van der Waals surface area contributed by atoms with Gasteiger partial charge in [0.15, 0.2) is 4.87 Å². The van der Waals surface area contributed by atoms with E-state index in [-0.39, 0.29) is 0 Å². The number of halogens is 1. The number of hydrogen-bond donors (Lipinski definition) is 4. The third kappa shape index (κ3) is 1.30. The molecule has 2 atom stereocenters. The molecule has 0 heterocycles. The SMILES string of the molecule is O=C(O)[C@@H]1C[C@@](Cl)(C(=O)O)C1(C(=O)O)C(=O)O. The van der Waals surface area contributed by atoms with Crippen LogP contribution in [0.4, 0.5) is 0 Å². The first-order valence-corrected chi connectivity index (χ1v) is 4.62. The van der Waals surface area contributed by atoms with E-state index < -0.39 is 46.5 Å². The Bertz CT molecular complexity index is 415. The van der Waals surface area contributed by atoms with Gasteiger partial charge in [-0.05, 0) is 6.42 Å². The van der Waals surface area contributed by atoms with Crippen LogP contribution >= 0.6 is 11.6 Å². The van der Waals surface area contributed by atoms with Crippen LogP contribution in [0, 0.1) is 11.3 Å². The molecule has 1 saturated carbocycles. The highest BCUT2D eigenvalue weighted by Crippen LogP contribution is 2.59. The van der Waals surface area contributed by atoms with Crippen molar-refractivity contribution < 1.29 is 39.6 Å². The smallest absolute Gasteiger partial charge is 0.326 e. The van der Waals surface area contributed by atoms with Gasteiger partial charge in [0.25, 0.3) is 0 Å². The van der Waals surface area contributed by atoms with E-state index in [1.165, 1.54) is 0 Å². The molecule has 94 valence electrons. The Morgan fingerprint density at radius 3 is 1.59 bits per heavy atom. The highest BCUT2D eigenvalue weighted by Gasteiger charge is 2.80. The van der Waals surface area contributed by atoms with Gasteiger partial charge in [-0.3, -0.25) is 19.2 Å². The minimum atomic E-state index is -3.06. The summed E-state index contributed by atoms with van der Waals surface area (Å²) in [7, 11) is 0. The number of carboxylic acids is 4. The lowest BCUT2D eigenvalue weighted by Gasteiger charge is -2.50. The second kappa shape index (κ2) is 3.59. The van der Waals surface area contributed by atoms with E-state index in [0.717, 1.165) is 0 Å². The van der Waals surface area contributed by atoms with Crippen LogP contribution in [-0.4, -0.2) is 49.2 Å². The zero-order chi connectivity index (χ0) is 13.6. The van der Waals surface area contributed by atoms with Gasteiger partial charge in [-0.2, -0.15) is 0 Å². The first-order valence-electron chi connectivity index (χ1n) is 4.24. The molecule has 4 N–H and O–H groups in total. The van der Waals surface area contributed by atoms with Gasteiger partial charge >= 0.3 is 23.9 Å². The summed E-state index contributed by atoms with van der Waals surface area (Å²) in [5, 5.41) is 35.2. The van der Waals surface area contributed by atoms with Crippen molar-refractivity contribution in [2.24, 2.45) is 11.3 Å². The first kappa shape index (κ1) is 13.2. The molecule has 17 heavy (non-hydrogen) atoms. The number of hydrogen-bond acceptors (Lipinski definition) is 4. The third-order valence-electron chi connectivity index (χ3n) is 2.94. The van der Waals surface area contributed by atoms with E-state index in [1.54, 1.807) is 0 Å². The quantitative estimate of drug-likeness (QED) is 0.386. The minimum absolute atomic E-state index is 0.766. The van der Waals surface area contributed by atoms with E-state index in [9.17, 15) is 19.2 Å². The molecular weight excluding hydrogens is 260 g/mol. The molecule has 1 rings (SSSR count). The number of rotatable bonds is 4. The molecule has 8 nitrogen and oxygen atoms in total. The topological polar surface area (TPSA) is 149 Å². The minimum Gasteiger partial charge on any atom is -0.481 e. The Morgan fingerprint density at radius 2 is 1.35 bits per heavy atom. The fraction of sp³-hybridized carbons (Fsp3) is 0.500. The van der Waals surface area contributed by atoms with Crippen LogP contribution in [0.15, 0.2) is 0 Å². The van der Waals surface area contributed by atoms with Crippen LogP contribution in [0.1, 0.15) is 6.42 Å². The van der Waals surface area contributed by atoms with Crippen LogP contribution in [0.25, 0.3) is 0 Å². The number of carboxylic acid groups (broad SMARTS) is 4. The van der Waals surface area contributed by atoms with Crippen molar-refractivity contribution in [2.45, 2.75) is 11.3 Å². The molecule has 9 heteroatoms. The van der Waals surface area contributed by atoms with Crippen LogP contribution in [0.3, 0.4) is 0 Å². The molecule has 0 aromatic heterocycles. The Morgan fingerprint density at radius 1 is 0.941 bits per heavy atom. The first-order chi connectivity index (χ1) is 7.62. The zero-order valence-electron chi connectivity index (χ0n) is 8.08. The lowest BCUT2D eigenvalue weighted by Crippen LogP contribution is -2.73. The summed E-state index contributed by atoms with van der Waals surface area (Å²) in [5.41, 5.74) is -3.06. The van der Waals surface area contributed by atoms with Crippen LogP contribution < -0.4 is 0 Å². The maximum atomic E-state index is 11.0. The molecule has 0 unspecified atom stereocenters. The van der Waals surface area contributed by atoms with Crippen LogP contribution in [-0.2, 0) is 19.2 Å². The summed E-state index contributed by atoms with van der Waals surface area (Å²) in [6.45, 7) is 0. The summed E-state index contributed by atoms with van der Waals surface area (Å²) in [5.74, 6) is -9.64. The number of aliphatic carboxylic acids is 4. The van der Waals surface area contributed by atoms with Crippen molar-refractivity contribution in [1.82, 2.24) is 0 Å². The second-order valence-electron chi connectivity index (χ2n) is 3.62. The molecule has 0 radical (unpaired) electrons. The van der Waals surface area contributed by atoms with E-state index in [1.807, 2.05) is 0 Å². The fourth-order valence-corrected chi connectivity index (χ4v) is 2.45. The van der Waals surface area contributed by atoms with E-state index in [0.29, 0.717) is 0 Å². The van der Waals surface area contributed by atoms with Crippen molar-refractivity contribution in [3.63, 3.8) is 0 Å². The predicted molar refractivity (Wildman–Crippen MR) is 49.7 cm³/mol. The van der Waals surface area contributed by atoms with Gasteiger partial charge in [0, 0.05) is 0 Å². The average molecular weight is 267 g/mol. The van der Waals surface area contributed by atoms with Crippen molar-refractivity contribution in [1.29, 1.82) is 0 Å². The van der Waals surface area contributed by atoms with Crippen LogP contribution in [0.5, 0.6) is 0 Å². The van der Waals surface area contributed by atoms with Crippen LogP contribution in [0.2, 0.25) is 0 Å². The van der Waals surface area contributed by atoms with Crippen molar-refractivity contribution in [3.8, 4) is 0 Å². The molecule has 0 amide bonds. The average Bonchev–Trinajstić information content (AvgIpc) is 2.11. The lowest BCUT2D eigenvalue weighted by molar-refractivity contribution is -0.198. The summed E-state index contributed by atoms with van der Waals surface area (Å²) < 4.78 is 0. The molecule has 0 bridgehead atoms. The number of carbonyl (C=O) groups is 4. The van der Waals surface area contributed by atoms with Gasteiger partial charge in [-0.1, -0.05) is 0 Å². The Labute approximate surface area is 98.4 Å². The maximum Gasteiger partial charge on any atom is 0.326 e. The lowest BCUT2D eigenvalue weighted by atomic mass is 9.51. The van der Waals surface area contributed by atoms with Crippen molar-refractivity contribution in [3.05, 3.63) is 0 Å². The normalized spacial score (nSPS) is 30.1. The van der Waals surface area contributed by atoms with E-state index >= 15 is 0 Å². The number of alkyl halides is 1. The summed E-state index contributed by atoms with van der Waals surface area (Å²) in [6.07, 6.45) is -0.766. The maximum absolute atomic E-state index is 11.0. The molecular formula is C8H7ClO8. The van der Waals surface area contributed by atoms with Gasteiger partial charge in [-0.15, -0.1) is 11.6 Å². The van der Waals surface area contributed by atoms with E-state index in [4.69, 9.17) is 32.0 Å². The largest absolute Gasteiger partial charge is 0.481 e. The van der Waals surface area contributed by atoms with E-state index in [2.05, 4.69) is 0 Å². The molecule has 0 aromatic rings. The zero-order valence-corrected chi connectivity index (χ0v) is 8.84. The predicted octanol–water partition coefficient (Wildman–Crippen LogP) is -0.691. The summed E-state index contributed by atoms with van der Waals surface area (Å²) in [6, 6.07) is 0. The molecule has 1 fully saturated rings. The third-order valence-corrected chi connectivity index (χ3v) is 3.56. The highest BCUT2D eigenvalue weighted by molar-refractivity contribution is 6.40. The van der Waals surface area contributed by atoms with Crippen molar-refractivity contribution in [2.75, 3.05) is 0 Å². The molecule has 0 aliphatic heterocycles. The molecule has 0 aromatic carbocycles. The van der Waals surface area contributed by atoms with Gasteiger partial charge in [0.2, 0.25) is 5.41 Å². The Hall–Kier alpha value is -1.83. The molecule has 1 aliphatic carbocycles. The van der Waals surface area contributed by atoms with Gasteiger partial charge in [-0.25, -0.2) is 0 Å². The summed E-state index contributed by atoms with van der Waals surface area (Å²) in [4.78, 5) is 40.9. The van der Waals surface area contributed by atoms with Gasteiger partial charge in [0.05, 0.1) is 5.92 Å². The monoisotopic (exact) mass is 266 g/mol. The van der Waals surface area contributed by atoms with Crippen molar-refractivity contribution >= 4 is 35.5 Å².